The molecule has 2 N–H and O–H groups in total. The van der Waals surface area contributed by atoms with Crippen molar-refractivity contribution < 1.29 is 0 Å². The van der Waals surface area contributed by atoms with Gasteiger partial charge in [-0.25, -0.2) is 0 Å². The van der Waals surface area contributed by atoms with Crippen LogP contribution < -0.4 is 15.9 Å². The molecule has 5 heteroatoms. The first-order valence-corrected chi connectivity index (χ1v) is 10.7. The molecular weight excluding hydrogens is 358 g/mol. The van der Waals surface area contributed by atoms with Crippen LogP contribution in [0.4, 0.5) is 5.82 Å². The van der Waals surface area contributed by atoms with E-state index < -0.39 is 0 Å². The number of allylic oxidation sites excluding steroid dienone is 1. The quantitative estimate of drug-likeness (QED) is 0.760. The van der Waals surface area contributed by atoms with E-state index in [1.807, 2.05) is 6.08 Å². The van der Waals surface area contributed by atoms with E-state index in [0.29, 0.717) is 5.41 Å². The van der Waals surface area contributed by atoms with E-state index in [0.717, 1.165) is 60.4 Å². The highest BCUT2D eigenvalue weighted by Gasteiger charge is 2.31. The molecule has 1 fully saturated rings. The highest BCUT2D eigenvalue weighted by atomic mass is 15.4. The molecule has 5 nitrogen and oxygen atoms in total. The Morgan fingerprint density at radius 2 is 2.14 bits per heavy atom. The minimum atomic E-state index is 0.446. The number of aromatic nitrogens is 3. The van der Waals surface area contributed by atoms with Crippen molar-refractivity contribution in [2.45, 2.75) is 52.6 Å². The number of nitrogens with one attached hydrogen (secondary N) is 2. The Balaban J connectivity index is 1.48. The van der Waals surface area contributed by atoms with Gasteiger partial charge in [0.2, 0.25) is 0 Å². The third-order valence-electron chi connectivity index (χ3n) is 6.62. The van der Waals surface area contributed by atoms with Crippen molar-refractivity contribution in [2.75, 3.05) is 18.4 Å². The Hall–Kier alpha value is -2.69. The van der Waals surface area contributed by atoms with Gasteiger partial charge in [-0.1, -0.05) is 46.1 Å². The van der Waals surface area contributed by atoms with Gasteiger partial charge in [0.05, 0.1) is 30.2 Å². The van der Waals surface area contributed by atoms with E-state index in [-0.39, 0.29) is 0 Å². The number of aromatic amines is 1. The Bertz CT molecular complexity index is 1030. The molecular formula is C24H33N5. The number of anilines is 1. The van der Waals surface area contributed by atoms with Crippen LogP contribution in [0.1, 0.15) is 50.9 Å². The van der Waals surface area contributed by atoms with Crippen molar-refractivity contribution in [3.63, 3.8) is 0 Å². The van der Waals surface area contributed by atoms with Crippen LogP contribution in [0.15, 0.2) is 31.4 Å². The Kier molecular flexibility index (Phi) is 5.15. The van der Waals surface area contributed by atoms with Crippen LogP contribution in [0.3, 0.4) is 0 Å². The van der Waals surface area contributed by atoms with Crippen LogP contribution in [0.5, 0.6) is 0 Å². The fourth-order valence-electron chi connectivity index (χ4n) is 4.40. The maximum atomic E-state index is 4.76. The maximum absolute atomic E-state index is 4.76. The third kappa shape index (κ3) is 3.78. The van der Waals surface area contributed by atoms with E-state index in [4.69, 9.17) is 5.10 Å². The predicted molar refractivity (Wildman–Crippen MR) is 122 cm³/mol. The second-order valence-electron chi connectivity index (χ2n) is 8.79. The summed E-state index contributed by atoms with van der Waals surface area (Å²) in [6, 6.07) is 4.35. The smallest absolute Gasteiger partial charge is 0.148 e. The summed E-state index contributed by atoms with van der Waals surface area (Å²) in [5.74, 6) is 0.996. The van der Waals surface area contributed by atoms with Crippen LogP contribution in [-0.4, -0.2) is 32.8 Å². The molecule has 0 unspecified atom stereocenters. The van der Waals surface area contributed by atoms with Gasteiger partial charge in [0.1, 0.15) is 5.82 Å². The molecule has 2 aliphatic rings. The number of nitrogens with zero attached hydrogens (tertiary/aromatic N) is 3. The molecule has 1 aliphatic carbocycles. The summed E-state index contributed by atoms with van der Waals surface area (Å²) >= 11 is 0. The Labute approximate surface area is 173 Å². The molecule has 0 amide bonds. The van der Waals surface area contributed by atoms with Gasteiger partial charge >= 0.3 is 0 Å². The fraction of sp³-hybridized carbons (Fsp3) is 0.458. The lowest BCUT2D eigenvalue weighted by molar-refractivity contribution is 0.179. The molecule has 2 aromatic rings. The zero-order chi connectivity index (χ0) is 20.6. The van der Waals surface area contributed by atoms with Gasteiger partial charge in [0.25, 0.3) is 0 Å². The van der Waals surface area contributed by atoms with Gasteiger partial charge in [-0.3, -0.25) is 4.68 Å². The van der Waals surface area contributed by atoms with Gasteiger partial charge in [0, 0.05) is 29.7 Å². The lowest BCUT2D eigenvalue weighted by Crippen LogP contribution is -2.33. The van der Waals surface area contributed by atoms with E-state index >= 15 is 0 Å². The van der Waals surface area contributed by atoms with Gasteiger partial charge < -0.3 is 15.2 Å². The Morgan fingerprint density at radius 1 is 1.34 bits per heavy atom. The molecule has 0 spiro atoms. The van der Waals surface area contributed by atoms with Crippen LogP contribution in [0.2, 0.25) is 0 Å². The topological polar surface area (TPSA) is 48.9 Å². The second kappa shape index (κ2) is 7.62. The van der Waals surface area contributed by atoms with Crippen molar-refractivity contribution in [3.05, 3.63) is 53.3 Å². The molecule has 0 saturated heterocycles. The molecule has 2 aromatic heterocycles. The third-order valence-corrected chi connectivity index (χ3v) is 6.62. The fourth-order valence-corrected chi connectivity index (χ4v) is 4.40. The lowest BCUT2D eigenvalue weighted by Gasteiger charge is -2.38. The number of hydrogen-bond donors (Lipinski definition) is 2. The summed E-state index contributed by atoms with van der Waals surface area (Å²) in [4.78, 5) is 5.74. The molecule has 0 atom stereocenters. The number of fused-ring (bicyclic) bond motifs is 1. The van der Waals surface area contributed by atoms with E-state index in [2.05, 4.69) is 65.6 Å². The average Bonchev–Trinajstić information content (AvgIpc) is 3.28. The van der Waals surface area contributed by atoms with Gasteiger partial charge in [-0.2, -0.15) is 5.10 Å². The summed E-state index contributed by atoms with van der Waals surface area (Å²) in [7, 11) is 0. The standard InChI is InChI=1S/C24H33N5/c1-6-19(7-2)21-14-22(26-17(21)3)18(4)28-11-12-29-20(15-28)13-23(27-29)25-16-24(5)9-8-10-24/h6,13-14,26H,1,3-4,7-12,15-16H2,2,5H3,(H,25,27)/b21-19+. The lowest BCUT2D eigenvalue weighted by atomic mass is 9.70. The van der Waals surface area contributed by atoms with Gasteiger partial charge in [-0.05, 0) is 36.3 Å². The number of hydrogen-bond acceptors (Lipinski definition) is 3. The minimum Gasteiger partial charge on any atom is -0.368 e. The molecule has 1 saturated carbocycles. The summed E-state index contributed by atoms with van der Waals surface area (Å²) in [5.41, 5.74) is 4.92. The van der Waals surface area contributed by atoms with Crippen LogP contribution in [0.25, 0.3) is 17.8 Å². The summed E-state index contributed by atoms with van der Waals surface area (Å²) in [5, 5.41) is 10.4. The van der Waals surface area contributed by atoms with E-state index in [9.17, 15) is 0 Å². The van der Waals surface area contributed by atoms with E-state index in [1.54, 1.807) is 0 Å². The molecule has 4 rings (SSSR count). The highest BCUT2D eigenvalue weighted by Crippen LogP contribution is 2.40. The minimum absolute atomic E-state index is 0.446. The average molecular weight is 392 g/mol. The summed E-state index contributed by atoms with van der Waals surface area (Å²) in [6.07, 6.45) is 6.85. The van der Waals surface area contributed by atoms with Crippen molar-refractivity contribution in [3.8, 4) is 0 Å². The first-order valence-electron chi connectivity index (χ1n) is 10.7. The first kappa shape index (κ1) is 19.6. The monoisotopic (exact) mass is 391 g/mol. The first-order chi connectivity index (χ1) is 13.9. The largest absolute Gasteiger partial charge is 0.368 e. The maximum Gasteiger partial charge on any atom is 0.148 e. The van der Waals surface area contributed by atoms with Crippen LogP contribution >= 0.6 is 0 Å². The summed E-state index contributed by atoms with van der Waals surface area (Å²) < 4.78 is 2.13. The van der Waals surface area contributed by atoms with Crippen molar-refractivity contribution in [1.29, 1.82) is 0 Å². The predicted octanol–water partition coefficient (Wildman–Crippen LogP) is 3.46. The Morgan fingerprint density at radius 3 is 2.79 bits per heavy atom. The summed E-state index contributed by atoms with van der Waals surface area (Å²) in [6.45, 7) is 20.6. The molecule has 154 valence electrons. The van der Waals surface area contributed by atoms with Crippen molar-refractivity contribution in [1.82, 2.24) is 19.7 Å². The number of rotatable bonds is 7. The molecule has 0 radical (unpaired) electrons. The molecule has 29 heavy (non-hydrogen) atoms. The highest BCUT2D eigenvalue weighted by molar-refractivity contribution is 5.62. The number of H-pyrrole nitrogens is 1. The van der Waals surface area contributed by atoms with Crippen LogP contribution in [-0.2, 0) is 13.1 Å². The zero-order valence-electron chi connectivity index (χ0n) is 17.9. The zero-order valence-corrected chi connectivity index (χ0v) is 17.9. The van der Waals surface area contributed by atoms with Gasteiger partial charge in [0.15, 0.2) is 0 Å². The molecule has 1 aliphatic heterocycles. The van der Waals surface area contributed by atoms with Crippen LogP contribution in [0, 0.1) is 5.41 Å². The SMILES string of the molecule is C=C/C(CC)=c1/cc(C(=C)N2CCn3nc(NCC4(C)CCC4)cc3C2)[nH]c1=C. The second-order valence-corrected chi connectivity index (χ2v) is 8.79. The van der Waals surface area contributed by atoms with Crippen molar-refractivity contribution in [2.24, 2.45) is 5.41 Å². The van der Waals surface area contributed by atoms with Crippen molar-refractivity contribution >= 4 is 23.7 Å². The molecule has 0 bridgehead atoms. The molecule has 3 heterocycles. The van der Waals surface area contributed by atoms with Gasteiger partial charge in [-0.15, -0.1) is 0 Å². The molecule has 0 aromatic carbocycles. The normalized spacial score (nSPS) is 18.6. The van der Waals surface area contributed by atoms with E-state index in [1.165, 1.54) is 30.5 Å².